The first-order valence-corrected chi connectivity index (χ1v) is 7.28. The number of halogens is 2. The lowest BCUT2D eigenvalue weighted by Gasteiger charge is -2.09. The second-order valence-corrected chi connectivity index (χ2v) is 5.53. The second kappa shape index (κ2) is 6.10. The molecule has 1 N–H and O–H groups in total. The van der Waals surface area contributed by atoms with Gasteiger partial charge in [-0.05, 0) is 35.9 Å². The Labute approximate surface area is 130 Å². The van der Waals surface area contributed by atoms with Crippen molar-refractivity contribution in [1.82, 2.24) is 9.55 Å². The topological polar surface area (TPSA) is 29.9 Å². The third kappa shape index (κ3) is 3.31. The molecule has 5 heteroatoms. The van der Waals surface area contributed by atoms with E-state index in [0.717, 1.165) is 15.7 Å². The van der Waals surface area contributed by atoms with E-state index < -0.39 is 0 Å². The number of imidazole rings is 1. The molecule has 0 amide bonds. The molecule has 2 aromatic carbocycles. The van der Waals surface area contributed by atoms with Gasteiger partial charge in [0, 0.05) is 29.1 Å². The van der Waals surface area contributed by atoms with Gasteiger partial charge in [0.25, 0.3) is 0 Å². The number of nitrogens with one attached hydrogen (secondary N) is 1. The van der Waals surface area contributed by atoms with Crippen LogP contribution in [0.25, 0.3) is 5.69 Å². The predicted octanol–water partition coefficient (Wildman–Crippen LogP) is 4.39. The Bertz CT molecular complexity index is 724. The van der Waals surface area contributed by atoms with Gasteiger partial charge in [0.1, 0.15) is 5.82 Å². The maximum Gasteiger partial charge on any atom is 0.146 e. The Morgan fingerprint density at radius 1 is 1.14 bits per heavy atom. The highest BCUT2D eigenvalue weighted by Gasteiger charge is 2.03. The molecule has 0 bridgehead atoms. The highest BCUT2D eigenvalue weighted by atomic mass is 79.9. The van der Waals surface area contributed by atoms with Crippen LogP contribution in [0.2, 0.25) is 0 Å². The molecule has 106 valence electrons. The van der Waals surface area contributed by atoms with Crippen molar-refractivity contribution in [3.05, 3.63) is 77.0 Å². The fraction of sp³-hybridized carbons (Fsp3) is 0.0625. The largest absolute Gasteiger partial charge is 0.379 e. The summed E-state index contributed by atoms with van der Waals surface area (Å²) in [5, 5.41) is 3.10. The monoisotopic (exact) mass is 345 g/mol. The molecular formula is C16H13BrFN3. The van der Waals surface area contributed by atoms with Gasteiger partial charge < -0.3 is 9.88 Å². The van der Waals surface area contributed by atoms with Crippen LogP contribution < -0.4 is 5.32 Å². The number of aromatic nitrogens is 2. The molecule has 0 aliphatic heterocycles. The SMILES string of the molecule is Fc1ccc(Br)cc1NCc1ccc(-n2ccnc2)cc1. The second-order valence-electron chi connectivity index (χ2n) is 4.61. The van der Waals surface area contributed by atoms with Gasteiger partial charge >= 0.3 is 0 Å². The number of benzene rings is 2. The molecule has 0 aliphatic carbocycles. The molecule has 0 spiro atoms. The Morgan fingerprint density at radius 3 is 2.67 bits per heavy atom. The molecule has 3 aromatic rings. The van der Waals surface area contributed by atoms with Crippen molar-refractivity contribution in [3.8, 4) is 5.69 Å². The molecule has 3 nitrogen and oxygen atoms in total. The molecule has 1 heterocycles. The minimum atomic E-state index is -0.256. The molecule has 0 aliphatic rings. The molecular weight excluding hydrogens is 333 g/mol. The summed E-state index contributed by atoms with van der Waals surface area (Å²) in [6, 6.07) is 12.9. The van der Waals surface area contributed by atoms with E-state index in [1.165, 1.54) is 6.07 Å². The summed E-state index contributed by atoms with van der Waals surface area (Å²) in [7, 11) is 0. The summed E-state index contributed by atoms with van der Waals surface area (Å²) >= 11 is 3.34. The molecule has 0 saturated carbocycles. The van der Waals surface area contributed by atoms with Gasteiger partial charge in [0.15, 0.2) is 0 Å². The van der Waals surface area contributed by atoms with E-state index >= 15 is 0 Å². The van der Waals surface area contributed by atoms with Crippen LogP contribution in [0.3, 0.4) is 0 Å². The molecule has 21 heavy (non-hydrogen) atoms. The van der Waals surface area contributed by atoms with Gasteiger partial charge in [-0.15, -0.1) is 0 Å². The molecule has 3 rings (SSSR count). The quantitative estimate of drug-likeness (QED) is 0.760. The zero-order chi connectivity index (χ0) is 14.7. The van der Waals surface area contributed by atoms with Crippen LogP contribution >= 0.6 is 15.9 Å². The fourth-order valence-electron chi connectivity index (χ4n) is 2.03. The van der Waals surface area contributed by atoms with Crippen LogP contribution in [0.5, 0.6) is 0 Å². The van der Waals surface area contributed by atoms with E-state index in [1.807, 2.05) is 35.0 Å². The van der Waals surface area contributed by atoms with Crippen LogP contribution in [0.15, 0.2) is 65.7 Å². The third-order valence-electron chi connectivity index (χ3n) is 3.15. The van der Waals surface area contributed by atoms with Crippen LogP contribution in [-0.2, 0) is 6.54 Å². The highest BCUT2D eigenvalue weighted by Crippen LogP contribution is 2.20. The van der Waals surface area contributed by atoms with Crippen LogP contribution in [0.1, 0.15) is 5.56 Å². The van der Waals surface area contributed by atoms with Gasteiger partial charge in [-0.1, -0.05) is 28.1 Å². The van der Waals surface area contributed by atoms with E-state index in [4.69, 9.17) is 0 Å². The van der Waals surface area contributed by atoms with Gasteiger partial charge in [-0.25, -0.2) is 9.37 Å². The summed E-state index contributed by atoms with van der Waals surface area (Å²) in [5.74, 6) is -0.256. The zero-order valence-electron chi connectivity index (χ0n) is 11.1. The average molecular weight is 346 g/mol. The van der Waals surface area contributed by atoms with Gasteiger partial charge in [-0.2, -0.15) is 0 Å². The van der Waals surface area contributed by atoms with Crippen LogP contribution in [0, 0.1) is 5.82 Å². The maximum atomic E-state index is 13.6. The minimum Gasteiger partial charge on any atom is -0.379 e. The maximum absolute atomic E-state index is 13.6. The summed E-state index contributed by atoms with van der Waals surface area (Å²) in [4.78, 5) is 4.02. The molecule has 1 aromatic heterocycles. The first kappa shape index (κ1) is 13.8. The van der Waals surface area contributed by atoms with Crippen molar-refractivity contribution in [1.29, 1.82) is 0 Å². The summed E-state index contributed by atoms with van der Waals surface area (Å²) in [6.07, 6.45) is 5.39. The van der Waals surface area contributed by atoms with E-state index in [0.29, 0.717) is 12.2 Å². The molecule has 0 radical (unpaired) electrons. The Kier molecular flexibility index (Phi) is 4.01. The minimum absolute atomic E-state index is 0.256. The molecule has 0 atom stereocenters. The Morgan fingerprint density at radius 2 is 1.95 bits per heavy atom. The number of rotatable bonds is 4. The normalized spacial score (nSPS) is 10.6. The van der Waals surface area contributed by atoms with Crippen molar-refractivity contribution >= 4 is 21.6 Å². The van der Waals surface area contributed by atoms with E-state index in [-0.39, 0.29) is 5.82 Å². The van der Waals surface area contributed by atoms with E-state index in [9.17, 15) is 4.39 Å². The van der Waals surface area contributed by atoms with Crippen molar-refractivity contribution in [3.63, 3.8) is 0 Å². The lowest BCUT2D eigenvalue weighted by atomic mass is 10.2. The van der Waals surface area contributed by atoms with Crippen molar-refractivity contribution < 1.29 is 4.39 Å². The predicted molar refractivity (Wildman–Crippen MR) is 85.0 cm³/mol. The number of anilines is 1. The summed E-state index contributed by atoms with van der Waals surface area (Å²) < 4.78 is 16.4. The molecule has 0 saturated heterocycles. The lowest BCUT2D eigenvalue weighted by Crippen LogP contribution is -2.01. The number of nitrogens with zero attached hydrogens (tertiary/aromatic N) is 2. The van der Waals surface area contributed by atoms with E-state index in [1.54, 1.807) is 24.7 Å². The van der Waals surface area contributed by atoms with Crippen molar-refractivity contribution in [2.24, 2.45) is 0 Å². The molecule has 0 unspecified atom stereocenters. The van der Waals surface area contributed by atoms with Crippen molar-refractivity contribution in [2.75, 3.05) is 5.32 Å². The Hall–Kier alpha value is -2.14. The summed E-state index contributed by atoms with van der Waals surface area (Å²) in [6.45, 7) is 0.567. The van der Waals surface area contributed by atoms with Gasteiger partial charge in [0.05, 0.1) is 12.0 Å². The fourth-order valence-corrected chi connectivity index (χ4v) is 2.39. The standard InChI is InChI=1S/C16H13BrFN3/c17-13-3-6-15(18)16(9-13)20-10-12-1-4-14(5-2-12)21-8-7-19-11-21/h1-9,11,20H,10H2. The first-order valence-electron chi connectivity index (χ1n) is 6.48. The van der Waals surface area contributed by atoms with Gasteiger partial charge in [0.2, 0.25) is 0 Å². The van der Waals surface area contributed by atoms with Crippen LogP contribution in [-0.4, -0.2) is 9.55 Å². The first-order chi connectivity index (χ1) is 10.2. The zero-order valence-corrected chi connectivity index (χ0v) is 12.7. The van der Waals surface area contributed by atoms with Crippen molar-refractivity contribution in [2.45, 2.75) is 6.54 Å². The lowest BCUT2D eigenvalue weighted by molar-refractivity contribution is 0.630. The van der Waals surface area contributed by atoms with Crippen LogP contribution in [0.4, 0.5) is 10.1 Å². The smallest absolute Gasteiger partial charge is 0.146 e. The molecule has 0 fully saturated rings. The number of hydrogen-bond donors (Lipinski definition) is 1. The third-order valence-corrected chi connectivity index (χ3v) is 3.64. The average Bonchev–Trinajstić information content (AvgIpc) is 3.03. The number of hydrogen-bond acceptors (Lipinski definition) is 2. The Balaban J connectivity index is 1.70. The summed E-state index contributed by atoms with van der Waals surface area (Å²) in [5.41, 5.74) is 2.62. The van der Waals surface area contributed by atoms with E-state index in [2.05, 4.69) is 26.2 Å². The van der Waals surface area contributed by atoms with Gasteiger partial charge in [-0.3, -0.25) is 0 Å². The highest BCUT2D eigenvalue weighted by molar-refractivity contribution is 9.10.